The zero-order valence-electron chi connectivity index (χ0n) is 16.2. The molecule has 0 aliphatic carbocycles. The number of hydrogen-bond donors (Lipinski definition) is 2. The van der Waals surface area contributed by atoms with Crippen LogP contribution in [0.25, 0.3) is 10.9 Å². The second-order valence-electron chi connectivity index (χ2n) is 6.58. The molecule has 0 saturated heterocycles. The van der Waals surface area contributed by atoms with Crippen LogP contribution in [0, 0.1) is 0 Å². The Balaban J connectivity index is 1.51. The van der Waals surface area contributed by atoms with Crippen molar-refractivity contribution in [1.29, 1.82) is 0 Å². The average molecular weight is 379 g/mol. The van der Waals surface area contributed by atoms with Gasteiger partial charge in [0.25, 0.3) is 0 Å². The molecule has 0 aliphatic rings. The molecule has 0 unspecified atom stereocenters. The van der Waals surface area contributed by atoms with Gasteiger partial charge in [-0.3, -0.25) is 9.59 Å². The maximum absolute atomic E-state index is 12.2. The Morgan fingerprint density at radius 1 is 1.14 bits per heavy atom. The molecule has 3 aromatic rings. The van der Waals surface area contributed by atoms with Gasteiger partial charge in [-0.2, -0.15) is 0 Å². The van der Waals surface area contributed by atoms with Crippen molar-refractivity contribution in [2.24, 2.45) is 0 Å². The topological polar surface area (TPSA) is 74.4 Å². The van der Waals surface area contributed by atoms with Crippen LogP contribution < -0.4 is 15.0 Å². The van der Waals surface area contributed by atoms with Gasteiger partial charge in [0.2, 0.25) is 11.8 Å². The van der Waals surface area contributed by atoms with E-state index in [9.17, 15) is 9.59 Å². The molecule has 0 radical (unpaired) electrons. The number of benzene rings is 2. The van der Waals surface area contributed by atoms with Gasteiger partial charge in [0.05, 0.1) is 7.11 Å². The van der Waals surface area contributed by atoms with Crippen LogP contribution in [0.2, 0.25) is 0 Å². The van der Waals surface area contributed by atoms with Gasteiger partial charge in [-0.25, -0.2) is 0 Å². The minimum absolute atomic E-state index is 0.0750. The molecule has 0 atom stereocenters. The molecule has 2 N–H and O–H groups in total. The van der Waals surface area contributed by atoms with Crippen LogP contribution in [0.4, 0.5) is 5.69 Å². The maximum Gasteiger partial charge on any atom is 0.223 e. The number of fused-ring (bicyclic) bond motifs is 1. The summed E-state index contributed by atoms with van der Waals surface area (Å²) in [6.07, 6.45) is 2.98. The first kappa shape index (κ1) is 19.5. The van der Waals surface area contributed by atoms with Crippen molar-refractivity contribution in [2.45, 2.75) is 19.8 Å². The summed E-state index contributed by atoms with van der Waals surface area (Å²) in [5.41, 5.74) is 3.00. The Hall–Kier alpha value is -3.28. The van der Waals surface area contributed by atoms with Gasteiger partial charge in [-0.1, -0.05) is 24.3 Å². The quantitative estimate of drug-likeness (QED) is 0.631. The molecular formula is C22H25N3O3. The van der Waals surface area contributed by atoms with E-state index in [0.29, 0.717) is 18.8 Å². The van der Waals surface area contributed by atoms with E-state index in [-0.39, 0.29) is 18.2 Å². The molecular weight excluding hydrogens is 354 g/mol. The molecule has 2 aromatic carbocycles. The van der Waals surface area contributed by atoms with E-state index in [1.165, 1.54) is 17.9 Å². The second kappa shape index (κ2) is 9.08. The normalized spacial score (nSPS) is 10.6. The summed E-state index contributed by atoms with van der Waals surface area (Å²) in [5, 5.41) is 4.12. The van der Waals surface area contributed by atoms with Gasteiger partial charge in [0, 0.05) is 55.3 Å². The highest BCUT2D eigenvalue weighted by Gasteiger charge is 2.14. The summed E-state index contributed by atoms with van der Waals surface area (Å²) in [7, 11) is 1.58. The molecule has 0 fully saturated rings. The third-order valence-corrected chi connectivity index (χ3v) is 4.70. The van der Waals surface area contributed by atoms with Crippen LogP contribution in [-0.2, 0) is 16.0 Å². The third-order valence-electron chi connectivity index (χ3n) is 4.70. The Labute approximate surface area is 164 Å². The maximum atomic E-state index is 12.2. The number of aromatic nitrogens is 1. The van der Waals surface area contributed by atoms with E-state index < -0.39 is 0 Å². The van der Waals surface area contributed by atoms with Gasteiger partial charge in [-0.05, 0) is 30.2 Å². The molecule has 146 valence electrons. The average Bonchev–Trinajstić information content (AvgIpc) is 3.11. The molecule has 2 amide bonds. The van der Waals surface area contributed by atoms with Crippen molar-refractivity contribution in [3.63, 3.8) is 0 Å². The summed E-state index contributed by atoms with van der Waals surface area (Å²) >= 11 is 0. The van der Waals surface area contributed by atoms with Crippen LogP contribution in [0.1, 0.15) is 18.9 Å². The van der Waals surface area contributed by atoms with Crippen molar-refractivity contribution in [3.05, 3.63) is 60.3 Å². The van der Waals surface area contributed by atoms with Crippen LogP contribution >= 0.6 is 0 Å². The fourth-order valence-electron chi connectivity index (χ4n) is 3.22. The molecule has 0 bridgehead atoms. The number of amides is 2. The monoisotopic (exact) mass is 379 g/mol. The Morgan fingerprint density at radius 2 is 1.96 bits per heavy atom. The fourth-order valence-corrected chi connectivity index (χ4v) is 3.22. The third kappa shape index (κ3) is 4.71. The molecule has 6 nitrogen and oxygen atoms in total. The molecule has 0 saturated carbocycles. The number of ether oxygens (including phenoxy) is 1. The summed E-state index contributed by atoms with van der Waals surface area (Å²) in [6.45, 7) is 2.37. The highest BCUT2D eigenvalue weighted by molar-refractivity contribution is 5.92. The van der Waals surface area contributed by atoms with Crippen molar-refractivity contribution >= 4 is 28.4 Å². The van der Waals surface area contributed by atoms with Gasteiger partial charge >= 0.3 is 0 Å². The number of H-pyrrole nitrogens is 1. The number of para-hydroxylation sites is 1. The summed E-state index contributed by atoms with van der Waals surface area (Å²) in [6, 6.07) is 15.4. The molecule has 1 aromatic heterocycles. The number of methoxy groups -OCH3 is 1. The highest BCUT2D eigenvalue weighted by atomic mass is 16.5. The molecule has 0 spiro atoms. The molecule has 0 aliphatic heterocycles. The van der Waals surface area contributed by atoms with Gasteiger partial charge in [0.15, 0.2) is 0 Å². The summed E-state index contributed by atoms with van der Waals surface area (Å²) in [4.78, 5) is 29.1. The van der Waals surface area contributed by atoms with Gasteiger partial charge in [0.1, 0.15) is 5.75 Å². The van der Waals surface area contributed by atoms with Crippen LogP contribution in [0.15, 0.2) is 54.7 Å². The smallest absolute Gasteiger partial charge is 0.223 e. The molecule has 6 heteroatoms. The highest BCUT2D eigenvalue weighted by Crippen LogP contribution is 2.21. The Morgan fingerprint density at radius 3 is 2.75 bits per heavy atom. The molecule has 1 heterocycles. The standard InChI is InChI=1S/C22H25N3O3/c1-16(26)25(18-6-5-7-19(14-18)28-2)13-11-22(27)23-12-10-17-15-24-21-9-4-3-8-20(17)21/h3-9,14-15,24H,10-13H2,1-2H3,(H,23,27). The lowest BCUT2D eigenvalue weighted by atomic mass is 10.1. The van der Waals surface area contributed by atoms with Crippen molar-refractivity contribution in [1.82, 2.24) is 10.3 Å². The minimum Gasteiger partial charge on any atom is -0.497 e. The van der Waals surface area contributed by atoms with E-state index in [4.69, 9.17) is 4.74 Å². The largest absolute Gasteiger partial charge is 0.497 e. The lowest BCUT2D eigenvalue weighted by Crippen LogP contribution is -2.34. The molecule has 28 heavy (non-hydrogen) atoms. The predicted octanol–water partition coefficient (Wildman–Crippen LogP) is 3.28. The number of anilines is 1. The Bertz CT molecular complexity index is 964. The van der Waals surface area contributed by atoms with Gasteiger partial charge in [-0.15, -0.1) is 0 Å². The number of carbonyl (C=O) groups is 2. The number of nitrogens with zero attached hydrogens (tertiary/aromatic N) is 1. The predicted molar refractivity (Wildman–Crippen MR) is 111 cm³/mol. The van der Waals surface area contributed by atoms with E-state index in [0.717, 1.165) is 17.6 Å². The van der Waals surface area contributed by atoms with Crippen LogP contribution in [0.3, 0.4) is 0 Å². The first-order valence-electron chi connectivity index (χ1n) is 9.32. The van der Waals surface area contributed by atoms with Crippen molar-refractivity contribution in [3.8, 4) is 5.75 Å². The van der Waals surface area contributed by atoms with Crippen LogP contribution in [-0.4, -0.2) is 37.0 Å². The number of rotatable bonds is 8. The number of carbonyl (C=O) groups excluding carboxylic acids is 2. The fraction of sp³-hybridized carbons (Fsp3) is 0.273. The zero-order chi connectivity index (χ0) is 19.9. The van der Waals surface area contributed by atoms with E-state index in [1.54, 1.807) is 18.1 Å². The SMILES string of the molecule is COc1cccc(N(CCC(=O)NCCc2c[nH]c3ccccc23)C(C)=O)c1. The first-order chi connectivity index (χ1) is 13.6. The number of hydrogen-bond acceptors (Lipinski definition) is 3. The Kier molecular flexibility index (Phi) is 6.32. The van der Waals surface area contributed by atoms with E-state index in [2.05, 4.69) is 16.4 Å². The van der Waals surface area contributed by atoms with Crippen molar-refractivity contribution < 1.29 is 14.3 Å². The first-order valence-corrected chi connectivity index (χ1v) is 9.32. The lowest BCUT2D eigenvalue weighted by Gasteiger charge is -2.21. The summed E-state index contributed by atoms with van der Waals surface area (Å²) in [5.74, 6) is 0.487. The minimum atomic E-state index is -0.111. The van der Waals surface area contributed by atoms with Crippen molar-refractivity contribution in [2.75, 3.05) is 25.1 Å². The lowest BCUT2D eigenvalue weighted by molar-refractivity contribution is -0.121. The van der Waals surface area contributed by atoms with E-state index >= 15 is 0 Å². The van der Waals surface area contributed by atoms with E-state index in [1.807, 2.05) is 42.6 Å². The zero-order valence-corrected chi connectivity index (χ0v) is 16.2. The number of nitrogens with one attached hydrogen (secondary N) is 2. The molecule has 3 rings (SSSR count). The number of aromatic amines is 1. The van der Waals surface area contributed by atoms with Gasteiger partial charge < -0.3 is 19.9 Å². The second-order valence-corrected chi connectivity index (χ2v) is 6.58. The van der Waals surface area contributed by atoms with Crippen LogP contribution in [0.5, 0.6) is 5.75 Å². The summed E-state index contributed by atoms with van der Waals surface area (Å²) < 4.78 is 5.21.